The quantitative estimate of drug-likeness (QED) is 0.497. The molecule has 1 rings (SSSR count). The van der Waals surface area contributed by atoms with Gasteiger partial charge in [0.2, 0.25) is 0 Å². The molecule has 0 aliphatic carbocycles. The van der Waals surface area contributed by atoms with Gasteiger partial charge in [0.15, 0.2) is 0 Å². The van der Waals surface area contributed by atoms with Gasteiger partial charge in [0.1, 0.15) is 5.60 Å². The number of carbonyl (C=O) groups is 3. The van der Waals surface area contributed by atoms with Gasteiger partial charge in [0, 0.05) is 7.05 Å². The molecule has 0 aromatic heterocycles. The number of rotatable bonds is 4. The van der Waals surface area contributed by atoms with Crippen LogP contribution in [0.1, 0.15) is 41.5 Å². The summed E-state index contributed by atoms with van der Waals surface area (Å²) < 4.78 is 5.22. The summed E-state index contributed by atoms with van der Waals surface area (Å²) in [7, 11) is 1.50. The van der Waals surface area contributed by atoms with Crippen molar-refractivity contribution in [1.29, 1.82) is 0 Å². The van der Waals surface area contributed by atoms with Crippen LogP contribution in [0.3, 0.4) is 0 Å². The molecule has 6 nitrogen and oxygen atoms in total. The van der Waals surface area contributed by atoms with Crippen molar-refractivity contribution < 1.29 is 24.2 Å². The van der Waals surface area contributed by atoms with Gasteiger partial charge in [-0.25, -0.2) is 9.59 Å². The van der Waals surface area contributed by atoms with E-state index in [0.29, 0.717) is 0 Å². The Balaban J connectivity index is 3.29. The predicted molar refractivity (Wildman–Crippen MR) is 73.1 cm³/mol. The summed E-state index contributed by atoms with van der Waals surface area (Å²) in [5, 5.41) is 11.5. The zero-order valence-corrected chi connectivity index (χ0v) is 11.8. The number of ether oxygens (including phenoxy) is 1. The molecule has 0 saturated carbocycles. The molecule has 0 unspecified atom stereocenters. The predicted octanol–water partition coefficient (Wildman–Crippen LogP) is 1.95. The molecule has 0 spiro atoms. The van der Waals surface area contributed by atoms with Gasteiger partial charge in [0.05, 0.1) is 16.8 Å². The Kier molecular flexibility index (Phi) is 4.49. The number of carbonyl (C=O) groups excluding carboxylic acids is 2. The Morgan fingerprint density at radius 2 is 1.70 bits per heavy atom. The fourth-order valence-corrected chi connectivity index (χ4v) is 1.63. The van der Waals surface area contributed by atoms with Crippen LogP contribution in [0.15, 0.2) is 18.2 Å². The number of benzene rings is 1. The fourth-order valence-electron chi connectivity index (χ4n) is 1.63. The molecule has 1 aromatic rings. The van der Waals surface area contributed by atoms with Gasteiger partial charge in [-0.1, -0.05) is 6.07 Å². The summed E-state index contributed by atoms with van der Waals surface area (Å²) >= 11 is 0. The van der Waals surface area contributed by atoms with Gasteiger partial charge in [0.25, 0.3) is 5.78 Å². The van der Waals surface area contributed by atoms with Crippen molar-refractivity contribution in [2.24, 2.45) is 0 Å². The smallest absolute Gasteiger partial charge is 0.377 e. The third-order valence-electron chi connectivity index (χ3n) is 2.37. The van der Waals surface area contributed by atoms with Gasteiger partial charge in [-0.3, -0.25) is 4.79 Å². The van der Waals surface area contributed by atoms with E-state index in [2.05, 4.69) is 5.32 Å². The van der Waals surface area contributed by atoms with Crippen molar-refractivity contribution in [1.82, 2.24) is 0 Å². The highest BCUT2D eigenvalue weighted by molar-refractivity contribution is 6.41. The maximum Gasteiger partial charge on any atom is 0.377 e. The number of aliphatic carboxylic acids is 1. The van der Waals surface area contributed by atoms with E-state index in [1.54, 1.807) is 20.8 Å². The summed E-state index contributed by atoms with van der Waals surface area (Å²) in [6, 6.07) is 4.25. The molecular formula is C14H17NO5. The number of nitrogens with one attached hydrogen (secondary N) is 1. The van der Waals surface area contributed by atoms with Gasteiger partial charge < -0.3 is 15.2 Å². The Bertz CT molecular complexity index is 557. The second-order valence-electron chi connectivity index (χ2n) is 5.11. The lowest BCUT2D eigenvalue weighted by Crippen LogP contribution is -2.25. The SMILES string of the molecule is CNc1c(C(=O)OC(C)(C)C)cccc1C(=O)C(=O)O. The molecule has 0 fully saturated rings. The first kappa shape index (κ1) is 15.7. The van der Waals surface area contributed by atoms with Crippen molar-refractivity contribution >= 4 is 23.4 Å². The molecule has 0 saturated heterocycles. The van der Waals surface area contributed by atoms with Crippen LogP contribution in [0, 0.1) is 0 Å². The van der Waals surface area contributed by atoms with E-state index in [1.807, 2.05) is 0 Å². The number of carboxylic acids is 1. The molecule has 0 atom stereocenters. The Morgan fingerprint density at radius 3 is 2.15 bits per heavy atom. The molecule has 0 aliphatic heterocycles. The van der Waals surface area contributed by atoms with E-state index in [0.717, 1.165) is 0 Å². The fraction of sp³-hybridized carbons (Fsp3) is 0.357. The van der Waals surface area contributed by atoms with Crippen molar-refractivity contribution in [2.75, 3.05) is 12.4 Å². The van der Waals surface area contributed by atoms with Gasteiger partial charge in [-0.15, -0.1) is 0 Å². The highest BCUT2D eigenvalue weighted by Crippen LogP contribution is 2.24. The van der Waals surface area contributed by atoms with Crippen LogP contribution in [0.25, 0.3) is 0 Å². The third kappa shape index (κ3) is 3.57. The van der Waals surface area contributed by atoms with E-state index in [4.69, 9.17) is 9.84 Å². The van der Waals surface area contributed by atoms with Crippen LogP contribution >= 0.6 is 0 Å². The zero-order valence-electron chi connectivity index (χ0n) is 11.8. The lowest BCUT2D eigenvalue weighted by Gasteiger charge is -2.21. The van der Waals surface area contributed by atoms with Crippen LogP contribution in [0.2, 0.25) is 0 Å². The first-order valence-corrected chi connectivity index (χ1v) is 5.99. The lowest BCUT2D eigenvalue weighted by molar-refractivity contribution is -0.131. The van der Waals surface area contributed by atoms with Gasteiger partial charge >= 0.3 is 11.9 Å². The van der Waals surface area contributed by atoms with E-state index in [-0.39, 0.29) is 16.8 Å². The molecular weight excluding hydrogens is 262 g/mol. The highest BCUT2D eigenvalue weighted by Gasteiger charge is 2.25. The lowest BCUT2D eigenvalue weighted by atomic mass is 10.0. The van der Waals surface area contributed by atoms with E-state index in [9.17, 15) is 14.4 Å². The summed E-state index contributed by atoms with van der Waals surface area (Å²) in [6.45, 7) is 5.16. The Morgan fingerprint density at radius 1 is 1.15 bits per heavy atom. The number of para-hydroxylation sites is 1. The largest absolute Gasteiger partial charge is 0.475 e. The standard InChI is InChI=1S/C14H17NO5/c1-14(2,3)20-13(19)9-7-5-6-8(10(9)15-4)11(16)12(17)18/h5-7,15H,1-4H3,(H,17,18). The van der Waals surface area contributed by atoms with Crippen molar-refractivity contribution in [3.8, 4) is 0 Å². The van der Waals surface area contributed by atoms with Gasteiger partial charge in [-0.2, -0.15) is 0 Å². The number of esters is 1. The van der Waals surface area contributed by atoms with Crippen LogP contribution in [0.4, 0.5) is 5.69 Å². The molecule has 0 radical (unpaired) electrons. The number of carboxylic acid groups (broad SMARTS) is 1. The average Bonchev–Trinajstić information content (AvgIpc) is 2.34. The van der Waals surface area contributed by atoms with Crippen LogP contribution in [-0.2, 0) is 9.53 Å². The minimum Gasteiger partial charge on any atom is -0.475 e. The number of hydrogen-bond acceptors (Lipinski definition) is 5. The summed E-state index contributed by atoms with van der Waals surface area (Å²) in [4.78, 5) is 34.4. The first-order valence-electron chi connectivity index (χ1n) is 5.99. The molecule has 1 aromatic carbocycles. The monoisotopic (exact) mass is 279 g/mol. The normalized spacial score (nSPS) is 10.8. The third-order valence-corrected chi connectivity index (χ3v) is 2.37. The van der Waals surface area contributed by atoms with Crippen LogP contribution in [0.5, 0.6) is 0 Å². The van der Waals surface area contributed by atoms with Crippen LogP contribution < -0.4 is 5.32 Å². The topological polar surface area (TPSA) is 92.7 Å². The molecule has 2 N–H and O–H groups in total. The summed E-state index contributed by atoms with van der Waals surface area (Å²) in [5.74, 6) is -3.29. The molecule has 0 amide bonds. The minimum atomic E-state index is -1.58. The maximum absolute atomic E-state index is 12.1. The number of hydrogen-bond donors (Lipinski definition) is 2. The summed E-state index contributed by atoms with van der Waals surface area (Å²) in [6.07, 6.45) is 0. The minimum absolute atomic E-state index is 0.0802. The molecule has 20 heavy (non-hydrogen) atoms. The van der Waals surface area contributed by atoms with Crippen molar-refractivity contribution in [3.05, 3.63) is 29.3 Å². The van der Waals surface area contributed by atoms with Crippen molar-refractivity contribution in [2.45, 2.75) is 26.4 Å². The molecule has 6 heteroatoms. The van der Waals surface area contributed by atoms with Crippen LogP contribution in [-0.4, -0.2) is 35.5 Å². The summed E-state index contributed by atoms with van der Waals surface area (Å²) in [5.41, 5.74) is -0.499. The molecule has 0 heterocycles. The maximum atomic E-state index is 12.1. The van der Waals surface area contributed by atoms with E-state index < -0.39 is 23.3 Å². The number of anilines is 1. The average molecular weight is 279 g/mol. The second-order valence-corrected chi connectivity index (χ2v) is 5.11. The highest BCUT2D eigenvalue weighted by atomic mass is 16.6. The van der Waals surface area contributed by atoms with E-state index in [1.165, 1.54) is 25.2 Å². The Hall–Kier alpha value is -2.37. The first-order chi connectivity index (χ1) is 9.17. The zero-order chi connectivity index (χ0) is 15.5. The Labute approximate surface area is 116 Å². The number of Topliss-reactive ketones (excluding diaryl/α,β-unsaturated/α-hetero) is 1. The van der Waals surface area contributed by atoms with E-state index >= 15 is 0 Å². The molecule has 0 aliphatic rings. The molecule has 0 bridgehead atoms. The molecule has 108 valence electrons. The second kappa shape index (κ2) is 5.73. The van der Waals surface area contributed by atoms with Crippen molar-refractivity contribution in [3.63, 3.8) is 0 Å². The van der Waals surface area contributed by atoms with Gasteiger partial charge in [-0.05, 0) is 32.9 Å². The number of ketones is 1.